The van der Waals surface area contributed by atoms with Crippen LogP contribution < -0.4 is 0 Å². The smallest absolute Gasteiger partial charge is 0.247 e. The molecule has 1 aromatic heterocycles. The number of imidazole rings is 1. The lowest BCUT2D eigenvalue weighted by Crippen LogP contribution is -2.28. The summed E-state index contributed by atoms with van der Waals surface area (Å²) in [5.74, 6) is -1.29. The van der Waals surface area contributed by atoms with Crippen molar-refractivity contribution in [3.63, 3.8) is 0 Å². The van der Waals surface area contributed by atoms with Crippen molar-refractivity contribution in [3.8, 4) is 5.69 Å². The van der Waals surface area contributed by atoms with Crippen molar-refractivity contribution in [2.45, 2.75) is 32.1 Å². The van der Waals surface area contributed by atoms with E-state index in [-0.39, 0.29) is 17.3 Å². The second-order valence-corrected chi connectivity index (χ2v) is 7.21. The minimum absolute atomic E-state index is 0.173. The molecule has 30 heavy (non-hydrogen) atoms. The van der Waals surface area contributed by atoms with E-state index in [0.29, 0.717) is 12.0 Å². The molecule has 0 fully saturated rings. The van der Waals surface area contributed by atoms with Gasteiger partial charge in [0, 0.05) is 24.0 Å². The summed E-state index contributed by atoms with van der Waals surface area (Å²) in [6.45, 7) is 5.76. The number of allylic oxidation sites excluding steroid dienone is 1. The van der Waals surface area contributed by atoms with Crippen LogP contribution in [0.1, 0.15) is 48.3 Å². The Bertz CT molecular complexity index is 1010. The fraction of sp³-hybridized carbons (Fsp3) is 0.250. The standard InChI is InChI=1S/C24H25N3O3/c1-3-4-15-21(22(18(2)27(29)30)19-11-7-5-8-12-19)23(28)24-25-16-17-26(24)20-13-9-6-10-14-20/h5-14,16-17,21-22H,2-4,15H2,1H3. The van der Waals surface area contributed by atoms with Crippen LogP contribution in [-0.4, -0.2) is 20.3 Å². The predicted octanol–water partition coefficient (Wildman–Crippen LogP) is 5.44. The number of ketones is 1. The van der Waals surface area contributed by atoms with E-state index in [1.54, 1.807) is 17.0 Å². The van der Waals surface area contributed by atoms with E-state index in [0.717, 1.165) is 18.5 Å². The first kappa shape index (κ1) is 21.2. The van der Waals surface area contributed by atoms with Crippen molar-refractivity contribution in [1.29, 1.82) is 0 Å². The number of hydrogen-bond donors (Lipinski definition) is 0. The molecule has 154 valence electrons. The third-order valence-corrected chi connectivity index (χ3v) is 5.26. The zero-order chi connectivity index (χ0) is 21.5. The molecule has 0 saturated heterocycles. The number of nitro groups is 1. The maximum atomic E-state index is 13.7. The summed E-state index contributed by atoms with van der Waals surface area (Å²) in [6.07, 6.45) is 5.49. The zero-order valence-corrected chi connectivity index (χ0v) is 17.0. The Morgan fingerprint density at radius 3 is 2.37 bits per heavy atom. The second-order valence-electron chi connectivity index (χ2n) is 7.21. The third-order valence-electron chi connectivity index (χ3n) is 5.26. The number of para-hydroxylation sites is 1. The van der Waals surface area contributed by atoms with Gasteiger partial charge in [0.2, 0.25) is 11.5 Å². The molecule has 0 bridgehead atoms. The molecule has 0 aliphatic carbocycles. The van der Waals surface area contributed by atoms with Gasteiger partial charge in [0.1, 0.15) is 0 Å². The van der Waals surface area contributed by atoms with Crippen LogP contribution in [0.25, 0.3) is 5.69 Å². The average Bonchev–Trinajstić information content (AvgIpc) is 3.27. The number of unbranched alkanes of at least 4 members (excludes halogenated alkanes) is 1. The number of Topliss-reactive ketones (excluding diaryl/α,β-unsaturated/α-hetero) is 1. The molecule has 3 aromatic rings. The molecule has 2 atom stereocenters. The fourth-order valence-electron chi connectivity index (χ4n) is 3.75. The van der Waals surface area contributed by atoms with Gasteiger partial charge >= 0.3 is 0 Å². The number of hydrogen-bond acceptors (Lipinski definition) is 4. The number of benzene rings is 2. The van der Waals surface area contributed by atoms with Crippen molar-refractivity contribution >= 4 is 5.78 Å². The molecule has 6 heteroatoms. The van der Waals surface area contributed by atoms with Crippen molar-refractivity contribution in [3.05, 3.63) is 107 Å². The van der Waals surface area contributed by atoms with Crippen LogP contribution in [0.2, 0.25) is 0 Å². The molecule has 0 aliphatic heterocycles. The average molecular weight is 403 g/mol. The topological polar surface area (TPSA) is 78.0 Å². The Balaban J connectivity index is 2.07. The quantitative estimate of drug-likeness (QED) is 0.257. The Kier molecular flexibility index (Phi) is 6.91. The minimum atomic E-state index is -0.721. The van der Waals surface area contributed by atoms with E-state index in [9.17, 15) is 14.9 Å². The van der Waals surface area contributed by atoms with Gasteiger partial charge in [0.05, 0.1) is 10.8 Å². The monoisotopic (exact) mass is 403 g/mol. The van der Waals surface area contributed by atoms with E-state index < -0.39 is 16.8 Å². The van der Waals surface area contributed by atoms with E-state index in [1.165, 1.54) is 0 Å². The summed E-state index contributed by atoms with van der Waals surface area (Å²) >= 11 is 0. The van der Waals surface area contributed by atoms with Crippen LogP contribution in [0.4, 0.5) is 0 Å². The summed E-state index contributed by atoms with van der Waals surface area (Å²) in [4.78, 5) is 29.2. The lowest BCUT2D eigenvalue weighted by Gasteiger charge is -2.24. The Hall–Kier alpha value is -3.54. The van der Waals surface area contributed by atoms with Crippen LogP contribution in [0.15, 0.2) is 85.3 Å². The Morgan fingerprint density at radius 2 is 1.77 bits per heavy atom. The molecule has 1 heterocycles. The van der Waals surface area contributed by atoms with Crippen molar-refractivity contribution in [1.82, 2.24) is 9.55 Å². The highest BCUT2D eigenvalue weighted by Crippen LogP contribution is 2.37. The molecule has 3 rings (SSSR count). The highest BCUT2D eigenvalue weighted by atomic mass is 16.6. The van der Waals surface area contributed by atoms with E-state index >= 15 is 0 Å². The van der Waals surface area contributed by atoms with Crippen molar-refractivity contribution < 1.29 is 9.72 Å². The van der Waals surface area contributed by atoms with Crippen molar-refractivity contribution in [2.75, 3.05) is 0 Å². The summed E-state index contributed by atoms with van der Waals surface area (Å²) in [5.41, 5.74) is 1.36. The molecule has 2 aromatic carbocycles. The van der Waals surface area contributed by atoms with Crippen LogP contribution in [0.5, 0.6) is 0 Å². The van der Waals surface area contributed by atoms with Gasteiger partial charge in [0.15, 0.2) is 5.82 Å². The summed E-state index contributed by atoms with van der Waals surface area (Å²) in [5, 5.41) is 11.7. The molecule has 0 aliphatic rings. The Morgan fingerprint density at radius 1 is 1.13 bits per heavy atom. The number of rotatable bonds is 10. The molecule has 0 radical (unpaired) electrons. The summed E-state index contributed by atoms with van der Waals surface area (Å²) < 4.78 is 1.73. The Labute approximate surface area is 176 Å². The number of aromatic nitrogens is 2. The SMILES string of the molecule is C=C(C(c1ccccc1)C(CCCC)C(=O)c1nccn1-c1ccccc1)[N+](=O)[O-]. The van der Waals surface area contributed by atoms with Crippen LogP contribution in [0.3, 0.4) is 0 Å². The molecular formula is C24H25N3O3. The molecule has 0 N–H and O–H groups in total. The maximum Gasteiger partial charge on any atom is 0.247 e. The molecular weight excluding hydrogens is 378 g/mol. The van der Waals surface area contributed by atoms with E-state index in [2.05, 4.69) is 11.6 Å². The van der Waals surface area contributed by atoms with Gasteiger partial charge in [-0.3, -0.25) is 19.5 Å². The van der Waals surface area contributed by atoms with Gasteiger partial charge < -0.3 is 0 Å². The minimum Gasteiger partial charge on any atom is -0.297 e. The van der Waals surface area contributed by atoms with E-state index in [4.69, 9.17) is 0 Å². The molecule has 0 saturated carbocycles. The lowest BCUT2D eigenvalue weighted by molar-refractivity contribution is -0.430. The summed E-state index contributed by atoms with van der Waals surface area (Å²) in [6, 6.07) is 18.6. The highest BCUT2D eigenvalue weighted by Gasteiger charge is 2.38. The van der Waals surface area contributed by atoms with Gasteiger partial charge in [0.25, 0.3) is 0 Å². The van der Waals surface area contributed by atoms with Crippen LogP contribution in [-0.2, 0) is 0 Å². The highest BCUT2D eigenvalue weighted by molar-refractivity contribution is 5.96. The van der Waals surface area contributed by atoms with Gasteiger partial charge in [-0.2, -0.15) is 0 Å². The van der Waals surface area contributed by atoms with Gasteiger partial charge in [-0.05, 0) is 30.7 Å². The largest absolute Gasteiger partial charge is 0.297 e. The lowest BCUT2D eigenvalue weighted by atomic mass is 9.78. The van der Waals surface area contributed by atoms with Crippen LogP contribution in [0, 0.1) is 16.0 Å². The van der Waals surface area contributed by atoms with E-state index in [1.807, 2.05) is 67.6 Å². The number of carbonyl (C=O) groups excluding carboxylic acids is 1. The van der Waals surface area contributed by atoms with Gasteiger partial charge in [-0.15, -0.1) is 0 Å². The summed E-state index contributed by atoms with van der Waals surface area (Å²) in [7, 11) is 0. The van der Waals surface area contributed by atoms with Crippen molar-refractivity contribution in [2.24, 2.45) is 5.92 Å². The number of nitrogens with zero attached hydrogens (tertiary/aromatic N) is 3. The maximum absolute atomic E-state index is 13.7. The predicted molar refractivity (Wildman–Crippen MR) is 116 cm³/mol. The first-order chi connectivity index (χ1) is 14.5. The first-order valence-corrected chi connectivity index (χ1v) is 10.1. The molecule has 0 amide bonds. The zero-order valence-electron chi connectivity index (χ0n) is 17.0. The number of carbonyl (C=O) groups is 1. The molecule has 2 unspecified atom stereocenters. The van der Waals surface area contributed by atoms with Gasteiger partial charge in [-0.25, -0.2) is 4.98 Å². The molecule has 6 nitrogen and oxygen atoms in total. The normalized spacial score (nSPS) is 12.8. The van der Waals surface area contributed by atoms with Crippen LogP contribution >= 0.6 is 0 Å². The third kappa shape index (κ3) is 4.54. The second kappa shape index (κ2) is 9.78. The first-order valence-electron chi connectivity index (χ1n) is 10.1. The molecule has 0 spiro atoms. The van der Waals surface area contributed by atoms with Gasteiger partial charge in [-0.1, -0.05) is 68.3 Å². The fourth-order valence-corrected chi connectivity index (χ4v) is 3.75.